The summed E-state index contributed by atoms with van der Waals surface area (Å²) in [4.78, 5) is 0. The minimum atomic E-state index is -0.188. The first-order valence-corrected chi connectivity index (χ1v) is 6.40. The largest absolute Gasteiger partial charge is 0.269 e. The highest BCUT2D eigenvalue weighted by atomic mass is 28.3. The third-order valence-corrected chi connectivity index (χ3v) is 2.70. The fraction of sp³-hybridized carbons (Fsp3) is 1.00. The topological polar surface area (TPSA) is 0 Å². The molecule has 0 aromatic rings. The molecule has 0 rings (SSSR count). The van der Waals surface area contributed by atoms with Crippen molar-refractivity contribution in [1.82, 2.24) is 0 Å². The highest BCUT2D eigenvalue weighted by Gasteiger charge is 1.90. The lowest BCUT2D eigenvalue weighted by Gasteiger charge is -1.97. The van der Waals surface area contributed by atoms with Crippen LogP contribution in [0.25, 0.3) is 0 Å². The maximum absolute atomic E-state index is 2.41. The van der Waals surface area contributed by atoms with Gasteiger partial charge < -0.3 is 0 Å². The molecule has 0 unspecified atom stereocenters. The van der Waals surface area contributed by atoms with Crippen LogP contribution in [0.2, 0.25) is 19.1 Å². The minimum Gasteiger partial charge on any atom is -0.269 e. The second kappa shape index (κ2) is 16.0. The molecule has 0 aliphatic rings. The number of rotatable bonds is 3. The van der Waals surface area contributed by atoms with E-state index in [1.54, 1.807) is 0 Å². The van der Waals surface area contributed by atoms with Crippen LogP contribution in [0.4, 0.5) is 14.1 Å². The number of halogens is 3. The van der Waals surface area contributed by atoms with Crippen molar-refractivity contribution in [1.29, 1.82) is 0 Å². The SMILES string of the molecule is CCCC[SiH](C)C.F.F.F. The monoisotopic (exact) mass is 176 g/mol. The summed E-state index contributed by atoms with van der Waals surface area (Å²) in [5.74, 6) is 0. The summed E-state index contributed by atoms with van der Waals surface area (Å²) in [5, 5.41) is 0. The van der Waals surface area contributed by atoms with Crippen molar-refractivity contribution in [3.05, 3.63) is 0 Å². The molecule has 0 saturated carbocycles. The van der Waals surface area contributed by atoms with E-state index in [-0.39, 0.29) is 22.9 Å². The zero-order valence-electron chi connectivity index (χ0n) is 6.92. The van der Waals surface area contributed by atoms with Gasteiger partial charge in [0.25, 0.3) is 0 Å². The Bertz CT molecular complexity index is 42.0. The van der Waals surface area contributed by atoms with E-state index in [4.69, 9.17) is 0 Å². The molecule has 0 spiro atoms. The van der Waals surface area contributed by atoms with Gasteiger partial charge in [-0.1, -0.05) is 38.9 Å². The number of hydrogen-bond acceptors (Lipinski definition) is 0. The fourth-order valence-corrected chi connectivity index (χ4v) is 1.84. The number of hydrogen-bond donors (Lipinski definition) is 0. The van der Waals surface area contributed by atoms with Gasteiger partial charge >= 0.3 is 0 Å². The summed E-state index contributed by atoms with van der Waals surface area (Å²) < 4.78 is 0. The van der Waals surface area contributed by atoms with Crippen LogP contribution in [0.3, 0.4) is 0 Å². The summed E-state index contributed by atoms with van der Waals surface area (Å²) in [6, 6.07) is 1.54. The smallest absolute Gasteiger partial charge is 0.0305 e. The summed E-state index contributed by atoms with van der Waals surface area (Å²) >= 11 is 0. The molecule has 0 N–H and O–H groups in total. The highest BCUT2D eigenvalue weighted by Crippen LogP contribution is 1.98. The molecule has 0 aromatic carbocycles. The summed E-state index contributed by atoms with van der Waals surface area (Å²) in [5.41, 5.74) is 0. The van der Waals surface area contributed by atoms with Gasteiger partial charge in [-0.15, -0.1) is 0 Å². The lowest BCUT2D eigenvalue weighted by molar-refractivity contribution is 0.875. The van der Waals surface area contributed by atoms with Crippen LogP contribution >= 0.6 is 0 Å². The van der Waals surface area contributed by atoms with Crippen molar-refractivity contribution < 1.29 is 14.1 Å². The molecule has 0 aliphatic heterocycles. The molecule has 0 fully saturated rings. The average Bonchev–Trinajstić information content (AvgIpc) is 1.61. The summed E-state index contributed by atoms with van der Waals surface area (Å²) in [6.45, 7) is 7.09. The predicted octanol–water partition coefficient (Wildman–Crippen LogP) is 2.73. The lowest BCUT2D eigenvalue weighted by Crippen LogP contribution is -1.96. The Hall–Kier alpha value is 0.00688. The normalized spacial score (nSPS) is 7.20. The Morgan fingerprint density at radius 1 is 1.00 bits per heavy atom. The first-order chi connectivity index (χ1) is 3.27. The van der Waals surface area contributed by atoms with Crippen molar-refractivity contribution >= 4 is 8.80 Å². The molecule has 68 valence electrons. The van der Waals surface area contributed by atoms with Gasteiger partial charge in [0, 0.05) is 8.80 Å². The van der Waals surface area contributed by atoms with Crippen molar-refractivity contribution in [3.63, 3.8) is 0 Å². The molecule has 10 heavy (non-hydrogen) atoms. The van der Waals surface area contributed by atoms with Crippen LogP contribution in [-0.4, -0.2) is 8.80 Å². The van der Waals surface area contributed by atoms with Crippen molar-refractivity contribution in [3.8, 4) is 0 Å². The third kappa shape index (κ3) is 24.5. The third-order valence-electron chi connectivity index (χ3n) is 1.14. The van der Waals surface area contributed by atoms with Gasteiger partial charge in [-0.3, -0.25) is 14.1 Å². The molecule has 0 aromatic heterocycles. The first kappa shape index (κ1) is 22.5. The van der Waals surface area contributed by atoms with Crippen molar-refractivity contribution in [2.75, 3.05) is 0 Å². The number of unbranched alkanes of at least 4 members (excludes halogenated alkanes) is 1. The van der Waals surface area contributed by atoms with E-state index in [1.807, 2.05) is 0 Å². The van der Waals surface area contributed by atoms with Gasteiger partial charge in [-0.05, 0) is 0 Å². The molecular weight excluding hydrogens is 157 g/mol. The van der Waals surface area contributed by atoms with E-state index in [9.17, 15) is 0 Å². The van der Waals surface area contributed by atoms with Gasteiger partial charge in [0.1, 0.15) is 0 Å². The molecule has 0 nitrogen and oxygen atoms in total. The van der Waals surface area contributed by atoms with E-state index in [0.717, 1.165) is 0 Å². The molecule has 4 heteroatoms. The van der Waals surface area contributed by atoms with Gasteiger partial charge in [-0.2, -0.15) is 0 Å². The van der Waals surface area contributed by atoms with Gasteiger partial charge in [0.15, 0.2) is 0 Å². The summed E-state index contributed by atoms with van der Waals surface area (Å²) in [7, 11) is -0.188. The molecule has 0 amide bonds. The van der Waals surface area contributed by atoms with E-state index in [2.05, 4.69) is 20.0 Å². The molecule has 0 heterocycles. The van der Waals surface area contributed by atoms with Crippen LogP contribution in [0.1, 0.15) is 19.8 Å². The molecule has 0 bridgehead atoms. The highest BCUT2D eigenvalue weighted by molar-refractivity contribution is 6.55. The predicted molar refractivity (Wildman–Crippen MR) is 46.1 cm³/mol. The minimum absolute atomic E-state index is 0. The van der Waals surface area contributed by atoms with Crippen molar-refractivity contribution in [2.45, 2.75) is 38.9 Å². The zero-order valence-corrected chi connectivity index (χ0v) is 8.08. The molecule has 0 saturated heterocycles. The van der Waals surface area contributed by atoms with Crippen LogP contribution in [-0.2, 0) is 0 Å². The lowest BCUT2D eigenvalue weighted by atomic mass is 10.4. The molecular formula is C6H19F3Si. The molecule has 0 radical (unpaired) electrons. The van der Waals surface area contributed by atoms with Crippen LogP contribution in [0.15, 0.2) is 0 Å². The standard InChI is InChI=1S/C6H16Si.3FH/c1-4-5-6-7(2)3;;;/h7H,4-6H2,1-3H3;3*1H. The second-order valence-corrected chi connectivity index (χ2v) is 5.90. The Balaban J connectivity index is -0.0000000600. The van der Waals surface area contributed by atoms with Crippen LogP contribution in [0, 0.1) is 0 Å². The second-order valence-electron chi connectivity index (χ2n) is 2.54. The van der Waals surface area contributed by atoms with Gasteiger partial charge in [0.05, 0.1) is 0 Å². The van der Waals surface area contributed by atoms with E-state index < -0.39 is 0 Å². The average molecular weight is 176 g/mol. The maximum atomic E-state index is 2.41. The maximum Gasteiger partial charge on any atom is 0.0305 e. The Kier molecular flexibility index (Phi) is 36.0. The molecule has 0 atom stereocenters. The van der Waals surface area contributed by atoms with Gasteiger partial charge in [0.2, 0.25) is 0 Å². The van der Waals surface area contributed by atoms with Crippen molar-refractivity contribution in [2.24, 2.45) is 0 Å². The Morgan fingerprint density at radius 3 is 1.50 bits per heavy atom. The Labute approximate surface area is 62.7 Å². The first-order valence-electron chi connectivity index (χ1n) is 3.27. The zero-order chi connectivity index (χ0) is 5.70. The summed E-state index contributed by atoms with van der Waals surface area (Å²) in [6.07, 6.45) is 2.84. The van der Waals surface area contributed by atoms with Crippen LogP contribution in [0.5, 0.6) is 0 Å². The van der Waals surface area contributed by atoms with Gasteiger partial charge in [-0.25, -0.2) is 0 Å². The quantitative estimate of drug-likeness (QED) is 0.580. The molecule has 0 aliphatic carbocycles. The van der Waals surface area contributed by atoms with E-state index >= 15 is 0 Å². The Morgan fingerprint density at radius 2 is 1.40 bits per heavy atom. The van der Waals surface area contributed by atoms with Crippen LogP contribution < -0.4 is 0 Å². The fourth-order valence-electron chi connectivity index (χ4n) is 0.612. The van der Waals surface area contributed by atoms with E-state index in [0.29, 0.717) is 0 Å². The van der Waals surface area contributed by atoms with E-state index in [1.165, 1.54) is 18.9 Å².